The molecule has 1 aromatic carbocycles. The highest BCUT2D eigenvalue weighted by molar-refractivity contribution is 5.97. The fraction of sp³-hybridized carbons (Fsp3) is 0.412. The first-order valence-electron chi connectivity index (χ1n) is 7.84. The SMILES string of the molecule is O=C(c1c[nH]c2ccc(F)cc2c1=O)N1CCCC1C1(O)CC1. The van der Waals surface area contributed by atoms with Gasteiger partial charge in [-0.05, 0) is 43.9 Å². The van der Waals surface area contributed by atoms with Crippen molar-refractivity contribution < 1.29 is 14.3 Å². The third-order valence-corrected chi connectivity index (χ3v) is 4.97. The van der Waals surface area contributed by atoms with Gasteiger partial charge in [0.25, 0.3) is 5.91 Å². The molecule has 1 atom stereocenters. The molecule has 1 saturated heterocycles. The van der Waals surface area contributed by atoms with Crippen molar-refractivity contribution in [1.82, 2.24) is 9.88 Å². The Hall–Kier alpha value is -2.21. The van der Waals surface area contributed by atoms with Crippen LogP contribution in [0.5, 0.6) is 0 Å². The van der Waals surface area contributed by atoms with Crippen LogP contribution in [-0.2, 0) is 0 Å². The molecule has 6 heteroatoms. The summed E-state index contributed by atoms with van der Waals surface area (Å²) in [5.41, 5.74) is -0.773. The Labute approximate surface area is 131 Å². The van der Waals surface area contributed by atoms with Crippen LogP contribution in [0.15, 0.2) is 29.2 Å². The summed E-state index contributed by atoms with van der Waals surface area (Å²) in [6.45, 7) is 0.534. The summed E-state index contributed by atoms with van der Waals surface area (Å²) in [6.07, 6.45) is 4.35. The van der Waals surface area contributed by atoms with Gasteiger partial charge in [-0.25, -0.2) is 4.39 Å². The van der Waals surface area contributed by atoms with Crippen molar-refractivity contribution in [2.24, 2.45) is 0 Å². The Kier molecular flexibility index (Phi) is 3.06. The number of H-pyrrole nitrogens is 1. The van der Waals surface area contributed by atoms with E-state index in [4.69, 9.17) is 0 Å². The molecule has 0 bridgehead atoms. The number of fused-ring (bicyclic) bond motifs is 1. The van der Waals surface area contributed by atoms with E-state index in [0.717, 1.165) is 18.9 Å². The third-order valence-electron chi connectivity index (χ3n) is 4.97. The number of likely N-dealkylation sites (tertiary alicyclic amines) is 1. The van der Waals surface area contributed by atoms with Gasteiger partial charge in [-0.3, -0.25) is 9.59 Å². The zero-order chi connectivity index (χ0) is 16.2. The molecule has 1 aromatic heterocycles. The highest BCUT2D eigenvalue weighted by atomic mass is 19.1. The molecule has 1 unspecified atom stereocenters. The van der Waals surface area contributed by atoms with E-state index >= 15 is 0 Å². The second-order valence-corrected chi connectivity index (χ2v) is 6.48. The smallest absolute Gasteiger partial charge is 0.259 e. The lowest BCUT2D eigenvalue weighted by Crippen LogP contribution is -2.45. The Balaban J connectivity index is 1.75. The molecule has 0 radical (unpaired) electrons. The Morgan fingerprint density at radius 1 is 1.39 bits per heavy atom. The van der Waals surface area contributed by atoms with Crippen LogP contribution in [0.2, 0.25) is 0 Å². The monoisotopic (exact) mass is 316 g/mol. The molecule has 1 aliphatic carbocycles. The van der Waals surface area contributed by atoms with Crippen LogP contribution in [0.25, 0.3) is 10.9 Å². The molecule has 23 heavy (non-hydrogen) atoms. The molecule has 2 heterocycles. The van der Waals surface area contributed by atoms with Crippen molar-refractivity contribution >= 4 is 16.8 Å². The lowest BCUT2D eigenvalue weighted by molar-refractivity contribution is 0.0385. The third kappa shape index (κ3) is 2.25. The van der Waals surface area contributed by atoms with Crippen LogP contribution in [0, 0.1) is 5.82 Å². The first-order valence-corrected chi connectivity index (χ1v) is 7.84. The number of halogens is 1. The number of carbonyl (C=O) groups excluding carboxylic acids is 1. The molecule has 2 fully saturated rings. The largest absolute Gasteiger partial charge is 0.388 e. The summed E-state index contributed by atoms with van der Waals surface area (Å²) in [4.78, 5) is 29.8. The maximum Gasteiger partial charge on any atom is 0.259 e. The highest BCUT2D eigenvalue weighted by Gasteiger charge is 2.52. The van der Waals surface area contributed by atoms with Gasteiger partial charge >= 0.3 is 0 Å². The molecule has 2 N–H and O–H groups in total. The highest BCUT2D eigenvalue weighted by Crippen LogP contribution is 2.44. The maximum atomic E-state index is 13.4. The van der Waals surface area contributed by atoms with Crippen molar-refractivity contribution in [3.8, 4) is 0 Å². The number of aromatic nitrogens is 1. The number of aromatic amines is 1. The average molecular weight is 316 g/mol. The van der Waals surface area contributed by atoms with Gasteiger partial charge in [0.2, 0.25) is 5.43 Å². The van der Waals surface area contributed by atoms with Crippen molar-refractivity contribution in [1.29, 1.82) is 0 Å². The summed E-state index contributed by atoms with van der Waals surface area (Å²) in [6, 6.07) is 3.66. The predicted octanol–water partition coefficient (Wildman–Crippen LogP) is 1.80. The van der Waals surface area contributed by atoms with E-state index in [-0.39, 0.29) is 22.9 Å². The van der Waals surface area contributed by atoms with Gasteiger partial charge in [0, 0.05) is 23.6 Å². The molecule has 2 aliphatic rings. The van der Waals surface area contributed by atoms with Crippen LogP contribution >= 0.6 is 0 Å². The minimum absolute atomic E-state index is 0.000694. The normalized spacial score (nSPS) is 22.5. The van der Waals surface area contributed by atoms with Crippen LogP contribution in [-0.4, -0.2) is 39.1 Å². The van der Waals surface area contributed by atoms with E-state index in [9.17, 15) is 19.1 Å². The lowest BCUT2D eigenvalue weighted by Gasteiger charge is -2.28. The van der Waals surface area contributed by atoms with Crippen LogP contribution in [0.3, 0.4) is 0 Å². The van der Waals surface area contributed by atoms with E-state index in [2.05, 4.69) is 4.98 Å². The summed E-state index contributed by atoms with van der Waals surface area (Å²) >= 11 is 0. The molecule has 1 amide bonds. The van der Waals surface area contributed by atoms with Gasteiger partial charge in [-0.1, -0.05) is 0 Å². The second-order valence-electron chi connectivity index (χ2n) is 6.48. The summed E-state index contributed by atoms with van der Waals surface area (Å²) in [7, 11) is 0. The number of nitrogens with zero attached hydrogens (tertiary/aromatic N) is 1. The number of rotatable bonds is 2. The van der Waals surface area contributed by atoms with E-state index in [1.54, 1.807) is 4.90 Å². The van der Waals surface area contributed by atoms with E-state index in [1.165, 1.54) is 18.3 Å². The van der Waals surface area contributed by atoms with Crippen LogP contribution in [0.4, 0.5) is 4.39 Å². The number of nitrogens with one attached hydrogen (secondary N) is 1. The Morgan fingerprint density at radius 2 is 2.17 bits per heavy atom. The number of amides is 1. The van der Waals surface area contributed by atoms with E-state index in [0.29, 0.717) is 24.9 Å². The number of carbonyl (C=O) groups is 1. The van der Waals surface area contributed by atoms with Crippen LogP contribution in [0.1, 0.15) is 36.0 Å². The quantitative estimate of drug-likeness (QED) is 0.887. The fourth-order valence-electron chi connectivity index (χ4n) is 3.53. The second kappa shape index (κ2) is 4.89. The molecule has 1 saturated carbocycles. The standard InChI is InChI=1S/C17H17FN2O3/c18-10-3-4-13-11(8-10)15(21)12(9-19-13)16(22)20-7-1-2-14(20)17(23)5-6-17/h3-4,8-9,14,23H,1-2,5-7H2,(H,19,21). The molecular weight excluding hydrogens is 299 g/mol. The van der Waals surface area contributed by atoms with Gasteiger partial charge < -0.3 is 15.0 Å². The predicted molar refractivity (Wildman–Crippen MR) is 82.8 cm³/mol. The minimum Gasteiger partial charge on any atom is -0.388 e. The maximum absolute atomic E-state index is 13.4. The lowest BCUT2D eigenvalue weighted by atomic mass is 10.1. The number of benzene rings is 1. The molecule has 5 nitrogen and oxygen atoms in total. The van der Waals surface area contributed by atoms with Gasteiger partial charge in [0.1, 0.15) is 11.4 Å². The van der Waals surface area contributed by atoms with Crippen molar-refractivity contribution in [2.45, 2.75) is 37.3 Å². The molecule has 0 spiro atoms. The molecule has 2 aromatic rings. The average Bonchev–Trinajstić information content (AvgIpc) is 3.09. The zero-order valence-electron chi connectivity index (χ0n) is 12.5. The number of aliphatic hydroxyl groups is 1. The van der Waals surface area contributed by atoms with Crippen molar-refractivity contribution in [3.63, 3.8) is 0 Å². The Morgan fingerprint density at radius 3 is 2.91 bits per heavy atom. The zero-order valence-corrected chi connectivity index (χ0v) is 12.5. The van der Waals surface area contributed by atoms with Crippen molar-refractivity contribution in [3.05, 3.63) is 46.0 Å². The first-order chi connectivity index (χ1) is 11.0. The number of hydrogen-bond acceptors (Lipinski definition) is 3. The van der Waals surface area contributed by atoms with E-state index in [1.807, 2.05) is 0 Å². The van der Waals surface area contributed by atoms with Gasteiger partial charge in [-0.2, -0.15) is 0 Å². The van der Waals surface area contributed by atoms with Crippen LogP contribution < -0.4 is 5.43 Å². The summed E-state index contributed by atoms with van der Waals surface area (Å²) in [5, 5.41) is 10.5. The van der Waals surface area contributed by atoms with Gasteiger partial charge in [0.05, 0.1) is 11.6 Å². The fourth-order valence-corrected chi connectivity index (χ4v) is 3.53. The molecule has 1 aliphatic heterocycles. The molecular formula is C17H17FN2O3. The summed E-state index contributed by atoms with van der Waals surface area (Å²) in [5.74, 6) is -0.904. The van der Waals surface area contributed by atoms with Gasteiger partial charge in [-0.15, -0.1) is 0 Å². The van der Waals surface area contributed by atoms with Gasteiger partial charge in [0.15, 0.2) is 0 Å². The topological polar surface area (TPSA) is 73.4 Å². The molecule has 4 rings (SSSR count). The molecule has 120 valence electrons. The minimum atomic E-state index is -0.790. The van der Waals surface area contributed by atoms with E-state index < -0.39 is 16.8 Å². The van der Waals surface area contributed by atoms with Crippen molar-refractivity contribution in [2.75, 3.05) is 6.54 Å². The number of pyridine rings is 1. The Bertz CT molecular complexity index is 857. The number of hydrogen-bond donors (Lipinski definition) is 2. The first kappa shape index (κ1) is 14.4. The summed E-state index contributed by atoms with van der Waals surface area (Å²) < 4.78 is 13.4.